The highest BCUT2D eigenvalue weighted by Gasteiger charge is 2.15. The van der Waals surface area contributed by atoms with E-state index >= 15 is 0 Å². The summed E-state index contributed by atoms with van der Waals surface area (Å²) in [4.78, 5) is 0. The molecule has 0 aliphatic heterocycles. The third-order valence-corrected chi connectivity index (χ3v) is 6.39. The van der Waals surface area contributed by atoms with Crippen LogP contribution >= 0.6 is 8.86 Å². The largest absolute Gasteiger partial charge is 0.458 e. The fourth-order valence-electron chi connectivity index (χ4n) is 3.75. The SMILES string of the molecule is C=C(CCC(=P)Oc1ccc2cc(/C=C/c3ccc4ccccc4c3)ccc2c1)C(C)(C)C. The van der Waals surface area contributed by atoms with Gasteiger partial charge in [0.05, 0.1) is 0 Å². The van der Waals surface area contributed by atoms with E-state index in [1.54, 1.807) is 0 Å². The van der Waals surface area contributed by atoms with Crippen molar-refractivity contribution in [3.8, 4) is 5.75 Å². The van der Waals surface area contributed by atoms with Crippen LogP contribution in [0.1, 0.15) is 44.7 Å². The zero-order chi connectivity index (χ0) is 23.4. The van der Waals surface area contributed by atoms with E-state index in [0.29, 0.717) is 0 Å². The van der Waals surface area contributed by atoms with E-state index in [2.05, 4.69) is 121 Å². The maximum Gasteiger partial charge on any atom is 0.128 e. The summed E-state index contributed by atoms with van der Waals surface area (Å²) in [6.45, 7) is 10.8. The van der Waals surface area contributed by atoms with Crippen LogP contribution in [0.25, 0.3) is 33.7 Å². The number of ether oxygens (including phenoxy) is 1. The summed E-state index contributed by atoms with van der Waals surface area (Å²) in [6.07, 6.45) is 6.05. The molecule has 0 N–H and O–H groups in total. The van der Waals surface area contributed by atoms with E-state index in [9.17, 15) is 0 Å². The van der Waals surface area contributed by atoms with Gasteiger partial charge in [-0.1, -0.05) is 109 Å². The van der Waals surface area contributed by atoms with Crippen molar-refractivity contribution in [2.45, 2.75) is 33.6 Å². The second-order valence-corrected chi connectivity index (χ2v) is 10.1. The second kappa shape index (κ2) is 9.77. The molecule has 0 saturated heterocycles. The lowest BCUT2D eigenvalue weighted by Gasteiger charge is -2.22. The van der Waals surface area contributed by atoms with Crippen LogP contribution in [0, 0.1) is 5.41 Å². The summed E-state index contributed by atoms with van der Waals surface area (Å²) >= 11 is 0. The first-order valence-electron chi connectivity index (χ1n) is 11.4. The molecular formula is C31H31OP. The molecule has 0 bridgehead atoms. The predicted molar refractivity (Wildman–Crippen MR) is 149 cm³/mol. The Morgan fingerprint density at radius 3 is 1.97 bits per heavy atom. The number of fused-ring (bicyclic) bond motifs is 2. The second-order valence-electron chi connectivity index (χ2n) is 9.59. The number of rotatable bonds is 7. The lowest BCUT2D eigenvalue weighted by Crippen LogP contribution is -2.11. The summed E-state index contributed by atoms with van der Waals surface area (Å²) in [7, 11) is 3.64. The maximum atomic E-state index is 6.03. The topological polar surface area (TPSA) is 9.23 Å². The van der Waals surface area contributed by atoms with Crippen LogP contribution in [-0.4, -0.2) is 5.48 Å². The lowest BCUT2D eigenvalue weighted by molar-refractivity contribution is 0.479. The van der Waals surface area contributed by atoms with Gasteiger partial charge in [0, 0.05) is 6.42 Å². The summed E-state index contributed by atoms with van der Waals surface area (Å²) in [5, 5.41) is 4.88. The maximum absolute atomic E-state index is 6.03. The Labute approximate surface area is 199 Å². The minimum Gasteiger partial charge on any atom is -0.458 e. The fourth-order valence-corrected chi connectivity index (χ4v) is 3.99. The fraction of sp³-hybridized carbons (Fsp3) is 0.194. The number of benzene rings is 4. The molecule has 33 heavy (non-hydrogen) atoms. The molecule has 0 unspecified atom stereocenters. The molecule has 4 rings (SSSR count). The van der Waals surface area contributed by atoms with Crippen LogP contribution < -0.4 is 4.74 Å². The molecule has 1 nitrogen and oxygen atoms in total. The van der Waals surface area contributed by atoms with Gasteiger partial charge >= 0.3 is 0 Å². The summed E-state index contributed by atoms with van der Waals surface area (Å²) in [5.41, 5.74) is 4.55. The molecule has 0 fully saturated rings. The Balaban J connectivity index is 1.43. The minimum absolute atomic E-state index is 0.121. The van der Waals surface area contributed by atoms with E-state index in [1.165, 1.54) is 32.9 Å². The molecule has 0 atom stereocenters. The Kier molecular flexibility index (Phi) is 6.82. The minimum atomic E-state index is 0.121. The van der Waals surface area contributed by atoms with Gasteiger partial charge in [0.25, 0.3) is 0 Å². The molecule has 0 heterocycles. The Morgan fingerprint density at radius 1 is 0.758 bits per heavy atom. The Bertz CT molecular complexity index is 1350. The third kappa shape index (κ3) is 6.01. The molecule has 0 aliphatic carbocycles. The standard InChI is InChI=1S/C31H31OP/c1-22(31(2,3)4)9-18-30(33)32-29-17-16-27-20-24(13-15-28(27)21-29)11-10-23-12-14-25-7-5-6-8-26(25)19-23/h5-8,10-17,19-21,33H,1,9,18H2,2-4H3/b11-10+. The van der Waals surface area contributed by atoms with Crippen molar-refractivity contribution >= 4 is 48.0 Å². The smallest absolute Gasteiger partial charge is 0.128 e. The van der Waals surface area contributed by atoms with Gasteiger partial charge in [0.15, 0.2) is 0 Å². The van der Waals surface area contributed by atoms with E-state index in [4.69, 9.17) is 4.74 Å². The van der Waals surface area contributed by atoms with Crippen molar-refractivity contribution in [2.24, 2.45) is 5.41 Å². The van der Waals surface area contributed by atoms with E-state index in [-0.39, 0.29) is 5.41 Å². The third-order valence-electron chi connectivity index (χ3n) is 6.03. The normalized spacial score (nSPS) is 11.8. The van der Waals surface area contributed by atoms with Gasteiger partial charge in [-0.25, -0.2) is 0 Å². The van der Waals surface area contributed by atoms with Crippen molar-refractivity contribution in [3.05, 3.63) is 102 Å². The van der Waals surface area contributed by atoms with Crippen LogP contribution in [0.4, 0.5) is 0 Å². The molecule has 4 aromatic rings. The molecule has 166 valence electrons. The molecule has 0 amide bonds. The summed E-state index contributed by atoms with van der Waals surface area (Å²) in [6, 6.07) is 27.7. The monoisotopic (exact) mass is 450 g/mol. The van der Waals surface area contributed by atoms with E-state index < -0.39 is 0 Å². The first-order valence-corrected chi connectivity index (χ1v) is 11.9. The molecule has 0 aliphatic rings. The van der Waals surface area contributed by atoms with Gasteiger partial charge in [0.1, 0.15) is 11.2 Å². The first kappa shape index (κ1) is 23.0. The molecule has 2 heteroatoms. The van der Waals surface area contributed by atoms with E-state index in [0.717, 1.165) is 29.5 Å². The van der Waals surface area contributed by atoms with Crippen molar-refractivity contribution in [1.82, 2.24) is 0 Å². The highest BCUT2D eigenvalue weighted by atomic mass is 31.0. The molecule has 4 aromatic carbocycles. The number of allylic oxidation sites excluding steroid dienone is 1. The van der Waals surface area contributed by atoms with Gasteiger partial charge < -0.3 is 4.74 Å². The van der Waals surface area contributed by atoms with Crippen LogP contribution in [0.2, 0.25) is 0 Å². The van der Waals surface area contributed by atoms with E-state index in [1.807, 2.05) is 6.07 Å². The van der Waals surface area contributed by atoms with Crippen LogP contribution in [-0.2, 0) is 0 Å². The van der Waals surface area contributed by atoms with Crippen molar-refractivity contribution in [3.63, 3.8) is 0 Å². The van der Waals surface area contributed by atoms with Gasteiger partial charge in [-0.05, 0) is 68.8 Å². The zero-order valence-electron chi connectivity index (χ0n) is 19.7. The van der Waals surface area contributed by atoms with Crippen LogP contribution in [0.3, 0.4) is 0 Å². The molecule has 0 radical (unpaired) electrons. The predicted octanol–water partition coefficient (Wildman–Crippen LogP) is 9.20. The Hall–Kier alpha value is -3.15. The highest BCUT2D eigenvalue weighted by Crippen LogP contribution is 2.28. The van der Waals surface area contributed by atoms with Crippen LogP contribution in [0.5, 0.6) is 5.75 Å². The quantitative estimate of drug-likeness (QED) is 0.155. The highest BCUT2D eigenvalue weighted by molar-refractivity contribution is 7.20. The molecule has 0 spiro atoms. The van der Waals surface area contributed by atoms with Gasteiger partial charge in [-0.2, -0.15) is 0 Å². The van der Waals surface area contributed by atoms with Gasteiger partial charge in [0.2, 0.25) is 0 Å². The summed E-state index contributed by atoms with van der Waals surface area (Å²) in [5.74, 6) is 0.841. The van der Waals surface area contributed by atoms with Crippen molar-refractivity contribution in [2.75, 3.05) is 0 Å². The van der Waals surface area contributed by atoms with Crippen LogP contribution in [0.15, 0.2) is 91.0 Å². The zero-order valence-corrected chi connectivity index (χ0v) is 20.7. The number of hydrogen-bond donors (Lipinski definition) is 0. The van der Waals surface area contributed by atoms with Crippen molar-refractivity contribution < 1.29 is 4.74 Å². The molecule has 0 saturated carbocycles. The van der Waals surface area contributed by atoms with Crippen molar-refractivity contribution in [1.29, 1.82) is 0 Å². The molecular weight excluding hydrogens is 419 g/mol. The Morgan fingerprint density at radius 2 is 1.30 bits per heavy atom. The number of hydrogen-bond acceptors (Lipinski definition) is 1. The lowest BCUT2D eigenvalue weighted by atomic mass is 9.85. The van der Waals surface area contributed by atoms with Gasteiger partial charge in [-0.15, -0.1) is 0 Å². The summed E-state index contributed by atoms with van der Waals surface area (Å²) < 4.78 is 6.03. The van der Waals surface area contributed by atoms with Gasteiger partial charge in [-0.3, -0.25) is 0 Å². The molecule has 0 aromatic heterocycles. The average molecular weight is 451 g/mol. The average Bonchev–Trinajstić information content (AvgIpc) is 2.80. The first-order chi connectivity index (χ1) is 15.8.